The summed E-state index contributed by atoms with van der Waals surface area (Å²) in [6.07, 6.45) is -2.24. The number of nitriles is 1. The molecule has 35 heavy (non-hydrogen) atoms. The zero-order chi connectivity index (χ0) is 24.8. The molecule has 0 aliphatic carbocycles. The van der Waals surface area contributed by atoms with Crippen molar-refractivity contribution in [1.82, 2.24) is 19.8 Å². The first-order valence-electron chi connectivity index (χ1n) is 12.0. The molecule has 1 saturated heterocycles. The number of fused-ring (bicyclic) bond motifs is 2. The minimum absolute atomic E-state index is 0.0925. The molecule has 186 valence electrons. The Morgan fingerprint density at radius 3 is 2.77 bits per heavy atom. The predicted octanol–water partition coefficient (Wildman–Crippen LogP) is 3.14. The Hall–Kier alpha value is -2.90. The summed E-state index contributed by atoms with van der Waals surface area (Å²) in [5.41, 5.74) is 1.97. The minimum atomic E-state index is -4.35. The highest BCUT2D eigenvalue weighted by Crippen LogP contribution is 2.41. The van der Waals surface area contributed by atoms with Crippen LogP contribution in [-0.4, -0.2) is 56.4 Å². The third kappa shape index (κ3) is 4.43. The number of piperidine rings is 1. The Labute approximate surface area is 201 Å². The maximum Gasteiger partial charge on any atom is 0.393 e. The van der Waals surface area contributed by atoms with Gasteiger partial charge in [0, 0.05) is 44.7 Å². The summed E-state index contributed by atoms with van der Waals surface area (Å²) in [5, 5.41) is 23.5. The van der Waals surface area contributed by atoms with E-state index in [1.165, 1.54) is 26.8 Å². The Morgan fingerprint density at radius 1 is 1.29 bits per heavy atom. The third-order valence-electron chi connectivity index (χ3n) is 7.85. The zero-order valence-electron chi connectivity index (χ0n) is 19.3. The summed E-state index contributed by atoms with van der Waals surface area (Å²) in [6, 6.07) is 10.1. The van der Waals surface area contributed by atoms with Crippen LogP contribution < -0.4 is 5.32 Å². The van der Waals surface area contributed by atoms with Crippen molar-refractivity contribution < 1.29 is 23.1 Å². The second kappa shape index (κ2) is 8.95. The molecule has 1 fully saturated rings. The number of nitrogens with one attached hydrogen (secondary N) is 1. The Kier molecular flexibility index (Phi) is 6.09. The van der Waals surface area contributed by atoms with Gasteiger partial charge in [0.25, 0.3) is 5.91 Å². The fourth-order valence-electron chi connectivity index (χ4n) is 5.80. The number of hydrogen-bond donors (Lipinski definition) is 2. The van der Waals surface area contributed by atoms with Crippen molar-refractivity contribution in [2.24, 2.45) is 5.92 Å². The molecule has 2 N–H and O–H groups in total. The van der Waals surface area contributed by atoms with Gasteiger partial charge in [0.1, 0.15) is 11.5 Å². The maximum absolute atomic E-state index is 13.5. The van der Waals surface area contributed by atoms with E-state index in [1.54, 1.807) is 0 Å². The molecule has 2 aromatic rings. The molecule has 1 aromatic heterocycles. The van der Waals surface area contributed by atoms with Gasteiger partial charge < -0.3 is 19.9 Å². The first-order chi connectivity index (χ1) is 16.7. The van der Waals surface area contributed by atoms with Crippen molar-refractivity contribution in [3.8, 4) is 6.07 Å². The van der Waals surface area contributed by atoms with E-state index in [2.05, 4.69) is 22.4 Å². The number of aliphatic hydroxyl groups excluding tert-OH is 1. The van der Waals surface area contributed by atoms with Crippen LogP contribution in [0, 0.1) is 17.2 Å². The molecular formula is C25H28F3N5O2. The lowest BCUT2D eigenvalue weighted by molar-refractivity contribution is -0.184. The van der Waals surface area contributed by atoms with Crippen LogP contribution in [0.1, 0.15) is 59.0 Å². The van der Waals surface area contributed by atoms with E-state index >= 15 is 0 Å². The number of imidazole rings is 1. The predicted molar refractivity (Wildman–Crippen MR) is 120 cm³/mol. The number of amides is 1. The van der Waals surface area contributed by atoms with Crippen molar-refractivity contribution >= 4 is 5.91 Å². The van der Waals surface area contributed by atoms with Crippen LogP contribution >= 0.6 is 0 Å². The van der Waals surface area contributed by atoms with E-state index < -0.39 is 29.7 Å². The number of aromatic nitrogens is 2. The van der Waals surface area contributed by atoms with Gasteiger partial charge in [-0.3, -0.25) is 4.79 Å². The summed E-state index contributed by atoms with van der Waals surface area (Å²) in [5.74, 6) is -2.02. The van der Waals surface area contributed by atoms with Gasteiger partial charge in [-0.25, -0.2) is 4.98 Å². The molecule has 4 heterocycles. The molecule has 2 unspecified atom stereocenters. The number of alkyl halides is 3. The number of benzene rings is 1. The van der Waals surface area contributed by atoms with Crippen molar-refractivity contribution in [1.29, 1.82) is 5.26 Å². The highest BCUT2D eigenvalue weighted by atomic mass is 19.4. The Balaban J connectivity index is 1.32. The summed E-state index contributed by atoms with van der Waals surface area (Å²) < 4.78 is 41.9. The fourth-order valence-corrected chi connectivity index (χ4v) is 5.80. The first-order valence-corrected chi connectivity index (χ1v) is 12.0. The SMILES string of the molecule is N#CCCC1CC(C(F)(F)F)Cn2cc(C(=O)N3CC[C@]4(Cc5ccccc5CN4)[C@H](O)C3)nc21. The van der Waals surface area contributed by atoms with E-state index in [9.17, 15) is 23.1 Å². The summed E-state index contributed by atoms with van der Waals surface area (Å²) >= 11 is 0. The molecule has 1 aromatic carbocycles. The van der Waals surface area contributed by atoms with Gasteiger partial charge in [-0.1, -0.05) is 24.3 Å². The van der Waals surface area contributed by atoms with Crippen molar-refractivity contribution in [3.63, 3.8) is 0 Å². The fraction of sp³-hybridized carbons (Fsp3) is 0.560. The maximum atomic E-state index is 13.5. The standard InChI is InChI=1S/C25H28F3N5O2/c26-25(27,28)19-10-16(6-3-8-29)22-31-20(14-33(22)13-19)23(35)32-9-7-24(21(34)15-32)11-17-4-1-2-5-18(17)12-30-24/h1-2,4-5,14,16,19,21,30,34H,3,6-7,9-13,15H2/t16?,19?,21-,24+/m1/s1. The van der Waals surface area contributed by atoms with Gasteiger partial charge in [0.2, 0.25) is 0 Å². The minimum Gasteiger partial charge on any atom is -0.389 e. The van der Waals surface area contributed by atoms with Crippen LogP contribution in [0.4, 0.5) is 13.2 Å². The quantitative estimate of drug-likeness (QED) is 0.694. The number of nitrogens with zero attached hydrogens (tertiary/aromatic N) is 4. The lowest BCUT2D eigenvalue weighted by Crippen LogP contribution is -2.65. The second-order valence-corrected chi connectivity index (χ2v) is 9.98. The highest BCUT2D eigenvalue weighted by molar-refractivity contribution is 5.92. The van der Waals surface area contributed by atoms with Crippen molar-refractivity contribution in [2.75, 3.05) is 13.1 Å². The molecule has 0 saturated carbocycles. The molecule has 3 aliphatic rings. The number of rotatable bonds is 3. The van der Waals surface area contributed by atoms with Gasteiger partial charge in [-0.05, 0) is 36.8 Å². The summed E-state index contributed by atoms with van der Waals surface area (Å²) in [7, 11) is 0. The van der Waals surface area contributed by atoms with Crippen LogP contribution in [0.25, 0.3) is 0 Å². The molecule has 1 spiro atoms. The molecule has 10 heteroatoms. The van der Waals surface area contributed by atoms with Crippen molar-refractivity contribution in [2.45, 2.75) is 68.9 Å². The van der Waals surface area contributed by atoms with Crippen LogP contribution in [-0.2, 0) is 19.5 Å². The largest absolute Gasteiger partial charge is 0.393 e. The summed E-state index contributed by atoms with van der Waals surface area (Å²) in [4.78, 5) is 19.2. The second-order valence-electron chi connectivity index (χ2n) is 9.98. The normalized spacial score (nSPS) is 28.3. The monoisotopic (exact) mass is 487 g/mol. The molecule has 3 aliphatic heterocycles. The topological polar surface area (TPSA) is 94.2 Å². The lowest BCUT2D eigenvalue weighted by atomic mass is 9.76. The Bertz CT molecular complexity index is 1160. The van der Waals surface area contributed by atoms with E-state index in [4.69, 9.17) is 5.26 Å². The zero-order valence-corrected chi connectivity index (χ0v) is 19.3. The van der Waals surface area contributed by atoms with E-state index in [-0.39, 0.29) is 44.0 Å². The average Bonchev–Trinajstić information content (AvgIpc) is 3.28. The van der Waals surface area contributed by atoms with E-state index in [1.807, 2.05) is 18.2 Å². The van der Waals surface area contributed by atoms with Crippen LogP contribution in [0.3, 0.4) is 0 Å². The van der Waals surface area contributed by atoms with Gasteiger partial charge in [-0.2, -0.15) is 18.4 Å². The van der Waals surface area contributed by atoms with Crippen LogP contribution in [0.5, 0.6) is 0 Å². The van der Waals surface area contributed by atoms with Gasteiger partial charge in [-0.15, -0.1) is 0 Å². The van der Waals surface area contributed by atoms with Gasteiger partial charge >= 0.3 is 6.18 Å². The molecule has 5 rings (SSSR count). The van der Waals surface area contributed by atoms with E-state index in [0.29, 0.717) is 31.8 Å². The first kappa shape index (κ1) is 23.8. The molecule has 4 atom stereocenters. The lowest BCUT2D eigenvalue weighted by Gasteiger charge is -2.48. The van der Waals surface area contributed by atoms with Crippen LogP contribution in [0.15, 0.2) is 30.5 Å². The molecule has 7 nitrogen and oxygen atoms in total. The smallest absolute Gasteiger partial charge is 0.389 e. The number of halogens is 3. The number of β-amino-alcohol motifs (C(OH)–C–C–N with tert-alkyl or cyclic N) is 1. The van der Waals surface area contributed by atoms with Crippen LogP contribution in [0.2, 0.25) is 0 Å². The van der Waals surface area contributed by atoms with Gasteiger partial charge in [0.15, 0.2) is 0 Å². The number of hydrogen-bond acceptors (Lipinski definition) is 5. The number of carbonyl (C=O) groups excluding carboxylic acids is 1. The molecule has 0 radical (unpaired) electrons. The average molecular weight is 488 g/mol. The Morgan fingerprint density at radius 2 is 2.06 bits per heavy atom. The van der Waals surface area contributed by atoms with Crippen molar-refractivity contribution in [3.05, 3.63) is 53.1 Å². The van der Waals surface area contributed by atoms with Gasteiger partial charge in [0.05, 0.1) is 23.6 Å². The number of likely N-dealkylation sites (tertiary alicyclic amines) is 1. The highest BCUT2D eigenvalue weighted by Gasteiger charge is 2.47. The molecule has 0 bridgehead atoms. The molecule has 1 amide bonds. The molecular weight excluding hydrogens is 459 g/mol. The third-order valence-corrected chi connectivity index (χ3v) is 7.85. The number of carbonyl (C=O) groups is 1. The van der Waals surface area contributed by atoms with E-state index in [0.717, 1.165) is 0 Å². The number of aliphatic hydroxyl groups is 1. The summed E-state index contributed by atoms with van der Waals surface area (Å²) in [6.45, 7) is 0.909.